The van der Waals surface area contributed by atoms with Crippen molar-refractivity contribution >= 4 is 27.6 Å². The van der Waals surface area contributed by atoms with E-state index < -0.39 is 15.9 Å². The molecule has 2 fully saturated rings. The largest absolute Gasteiger partial charge is 0.384 e. The second-order valence-electron chi connectivity index (χ2n) is 9.29. The molecule has 2 unspecified atom stereocenters. The predicted octanol–water partition coefficient (Wildman–Crippen LogP) is 3.04. The fourth-order valence-corrected chi connectivity index (χ4v) is 5.36. The van der Waals surface area contributed by atoms with Crippen LogP contribution in [0.1, 0.15) is 68.6 Å². The molecular formula is C23H31N5O4S. The summed E-state index contributed by atoms with van der Waals surface area (Å²) in [5, 5.41) is -0.312. The van der Waals surface area contributed by atoms with Crippen molar-refractivity contribution in [1.82, 2.24) is 14.7 Å². The molecule has 33 heavy (non-hydrogen) atoms. The molecule has 10 heteroatoms. The maximum atomic E-state index is 13.2. The summed E-state index contributed by atoms with van der Waals surface area (Å²) in [5.74, 6) is 0.153. The summed E-state index contributed by atoms with van der Waals surface area (Å²) in [5.41, 5.74) is 6.33. The molecule has 2 aliphatic rings. The SMILES string of the molecule is CC1CCN(c2nc(C3CCCCO3)ccc2C(=O)NS(=O)(=O)c2cccc(N)n2)C1(C)C. The molecule has 0 aliphatic carbocycles. The minimum atomic E-state index is -4.20. The number of anilines is 2. The van der Waals surface area contributed by atoms with E-state index in [9.17, 15) is 13.2 Å². The van der Waals surface area contributed by atoms with Crippen LogP contribution in [-0.2, 0) is 14.8 Å². The zero-order valence-electron chi connectivity index (χ0n) is 19.2. The van der Waals surface area contributed by atoms with Crippen LogP contribution in [0.5, 0.6) is 0 Å². The van der Waals surface area contributed by atoms with Gasteiger partial charge in [-0.2, -0.15) is 8.42 Å². The average molecular weight is 474 g/mol. The Morgan fingerprint density at radius 2 is 1.97 bits per heavy atom. The summed E-state index contributed by atoms with van der Waals surface area (Å²) in [6, 6.07) is 7.64. The first-order valence-electron chi connectivity index (χ1n) is 11.3. The van der Waals surface area contributed by atoms with E-state index in [1.165, 1.54) is 18.2 Å². The third-order valence-corrected chi connectivity index (χ3v) is 8.07. The zero-order valence-corrected chi connectivity index (χ0v) is 20.1. The van der Waals surface area contributed by atoms with Crippen molar-refractivity contribution in [1.29, 1.82) is 0 Å². The Morgan fingerprint density at radius 1 is 1.18 bits per heavy atom. The maximum Gasteiger partial charge on any atom is 0.281 e. The van der Waals surface area contributed by atoms with Crippen molar-refractivity contribution in [2.75, 3.05) is 23.8 Å². The zero-order chi connectivity index (χ0) is 23.8. The van der Waals surface area contributed by atoms with Gasteiger partial charge in [-0.15, -0.1) is 0 Å². The average Bonchev–Trinajstić information content (AvgIpc) is 3.05. The Bertz CT molecular complexity index is 1150. The lowest BCUT2D eigenvalue weighted by Gasteiger charge is -2.37. The number of rotatable bonds is 5. The van der Waals surface area contributed by atoms with Crippen LogP contribution in [0, 0.1) is 5.92 Å². The van der Waals surface area contributed by atoms with E-state index in [-0.39, 0.29) is 28.1 Å². The highest BCUT2D eigenvalue weighted by Crippen LogP contribution is 2.39. The number of nitrogens with zero attached hydrogens (tertiary/aromatic N) is 3. The van der Waals surface area contributed by atoms with E-state index in [4.69, 9.17) is 15.5 Å². The van der Waals surface area contributed by atoms with E-state index in [0.717, 1.165) is 37.9 Å². The molecule has 0 bridgehead atoms. The van der Waals surface area contributed by atoms with Crippen LogP contribution in [0.4, 0.5) is 11.6 Å². The lowest BCUT2D eigenvalue weighted by molar-refractivity contribution is 0.0123. The number of amides is 1. The minimum Gasteiger partial charge on any atom is -0.384 e. The number of nitrogens with two attached hydrogens (primary N) is 1. The van der Waals surface area contributed by atoms with Crippen molar-refractivity contribution in [2.24, 2.45) is 5.92 Å². The van der Waals surface area contributed by atoms with Gasteiger partial charge in [-0.25, -0.2) is 14.7 Å². The molecule has 2 aliphatic heterocycles. The van der Waals surface area contributed by atoms with E-state index in [1.54, 1.807) is 12.1 Å². The third-order valence-electron chi connectivity index (χ3n) is 6.84. The Labute approximate surface area is 194 Å². The predicted molar refractivity (Wildman–Crippen MR) is 125 cm³/mol. The monoisotopic (exact) mass is 473 g/mol. The molecule has 1 amide bonds. The number of carbonyl (C=O) groups excluding carboxylic acids is 1. The molecule has 178 valence electrons. The molecule has 0 saturated carbocycles. The minimum absolute atomic E-state index is 0.0531. The number of hydrogen-bond donors (Lipinski definition) is 2. The summed E-state index contributed by atoms with van der Waals surface area (Å²) < 4.78 is 33.6. The van der Waals surface area contributed by atoms with Crippen LogP contribution >= 0.6 is 0 Å². The normalized spacial score (nSPS) is 22.8. The van der Waals surface area contributed by atoms with Crippen molar-refractivity contribution in [3.05, 3.63) is 41.6 Å². The Hall–Kier alpha value is -2.72. The van der Waals surface area contributed by atoms with Gasteiger partial charge < -0.3 is 15.4 Å². The van der Waals surface area contributed by atoms with Crippen LogP contribution in [0.2, 0.25) is 0 Å². The smallest absolute Gasteiger partial charge is 0.281 e. The van der Waals surface area contributed by atoms with Crippen molar-refractivity contribution < 1.29 is 17.9 Å². The number of nitrogen functional groups attached to an aromatic ring is 1. The van der Waals surface area contributed by atoms with Gasteiger partial charge in [0, 0.05) is 18.7 Å². The maximum absolute atomic E-state index is 13.2. The summed E-state index contributed by atoms with van der Waals surface area (Å²) in [6.07, 6.45) is 3.77. The van der Waals surface area contributed by atoms with Crippen LogP contribution in [0.25, 0.3) is 0 Å². The Morgan fingerprint density at radius 3 is 2.61 bits per heavy atom. The molecule has 4 heterocycles. The lowest BCUT2D eigenvalue weighted by Crippen LogP contribution is -2.44. The molecule has 3 N–H and O–H groups in total. The molecule has 2 saturated heterocycles. The second-order valence-corrected chi connectivity index (χ2v) is 10.9. The number of pyridine rings is 2. The molecule has 0 spiro atoms. The summed E-state index contributed by atoms with van der Waals surface area (Å²) in [4.78, 5) is 24.0. The van der Waals surface area contributed by atoms with Crippen LogP contribution in [-0.4, -0.2) is 43.0 Å². The highest BCUT2D eigenvalue weighted by Gasteiger charge is 2.41. The molecule has 9 nitrogen and oxygen atoms in total. The number of sulfonamides is 1. The summed E-state index contributed by atoms with van der Waals surface area (Å²) >= 11 is 0. The quantitative estimate of drug-likeness (QED) is 0.678. The van der Waals surface area contributed by atoms with Crippen molar-refractivity contribution in [2.45, 2.75) is 63.1 Å². The van der Waals surface area contributed by atoms with Crippen LogP contribution in [0.3, 0.4) is 0 Å². The standard InChI is InChI=1S/C23H31N5O4S/c1-15-12-13-28(23(15,2)3)21-16(10-11-17(25-21)18-7-4-5-14-32-18)22(29)27-33(30,31)20-9-6-8-19(24)26-20/h6,8-11,15,18H,4-5,7,12-14H2,1-3H3,(H2,24,26)(H,27,29). The number of aromatic nitrogens is 2. The van der Waals surface area contributed by atoms with Gasteiger partial charge in [-0.3, -0.25) is 4.79 Å². The summed E-state index contributed by atoms with van der Waals surface area (Å²) in [7, 11) is -4.20. The van der Waals surface area contributed by atoms with E-state index in [1.807, 2.05) is 0 Å². The third kappa shape index (κ3) is 4.67. The first-order chi connectivity index (χ1) is 15.6. The number of nitrogens with one attached hydrogen (secondary N) is 1. The molecule has 0 radical (unpaired) electrons. The fraction of sp³-hybridized carbons (Fsp3) is 0.522. The first-order valence-corrected chi connectivity index (χ1v) is 12.8. The molecule has 4 rings (SSSR count). The van der Waals surface area contributed by atoms with Gasteiger partial charge in [0.1, 0.15) is 11.6 Å². The number of ether oxygens (including phenoxy) is 1. The second kappa shape index (κ2) is 8.90. The fourth-order valence-electron chi connectivity index (χ4n) is 4.42. The van der Waals surface area contributed by atoms with E-state index >= 15 is 0 Å². The van der Waals surface area contributed by atoms with Gasteiger partial charge in [-0.1, -0.05) is 13.0 Å². The summed E-state index contributed by atoms with van der Waals surface area (Å²) in [6.45, 7) is 7.81. The van der Waals surface area contributed by atoms with Gasteiger partial charge in [-0.05, 0) is 69.7 Å². The number of carbonyl (C=O) groups is 1. The molecule has 2 aromatic rings. The van der Waals surface area contributed by atoms with Gasteiger partial charge in [0.15, 0.2) is 5.03 Å². The molecular weight excluding hydrogens is 442 g/mol. The van der Waals surface area contributed by atoms with Crippen LogP contribution < -0.4 is 15.4 Å². The van der Waals surface area contributed by atoms with Crippen LogP contribution in [0.15, 0.2) is 35.4 Å². The van der Waals surface area contributed by atoms with Gasteiger partial charge >= 0.3 is 0 Å². The topological polar surface area (TPSA) is 128 Å². The molecule has 2 atom stereocenters. The highest BCUT2D eigenvalue weighted by atomic mass is 32.2. The molecule has 0 aromatic carbocycles. The van der Waals surface area contributed by atoms with Crippen molar-refractivity contribution in [3.63, 3.8) is 0 Å². The first kappa shape index (κ1) is 23.4. The number of hydrogen-bond acceptors (Lipinski definition) is 8. The van der Waals surface area contributed by atoms with Gasteiger partial charge in [0.25, 0.3) is 15.9 Å². The van der Waals surface area contributed by atoms with Crippen molar-refractivity contribution in [3.8, 4) is 0 Å². The Balaban J connectivity index is 1.71. The van der Waals surface area contributed by atoms with Gasteiger partial charge in [0.05, 0.1) is 17.4 Å². The molecule has 2 aromatic heterocycles. The van der Waals surface area contributed by atoms with E-state index in [0.29, 0.717) is 18.3 Å². The Kier molecular flexibility index (Phi) is 6.32. The van der Waals surface area contributed by atoms with E-state index in [2.05, 4.69) is 35.4 Å². The lowest BCUT2D eigenvalue weighted by atomic mass is 9.90. The van der Waals surface area contributed by atoms with Gasteiger partial charge in [0.2, 0.25) is 0 Å². The highest BCUT2D eigenvalue weighted by molar-refractivity contribution is 7.90.